The van der Waals surface area contributed by atoms with Gasteiger partial charge < -0.3 is 4.90 Å². The maximum Gasteiger partial charge on any atom is 0.0223 e. The molecule has 1 heterocycles. The zero-order valence-electron chi connectivity index (χ0n) is 11.1. The molecular weight excluding hydrogens is 218 g/mol. The van der Waals surface area contributed by atoms with Crippen LogP contribution in [0.2, 0.25) is 0 Å². The number of rotatable bonds is 7. The smallest absolute Gasteiger partial charge is 0.0223 e. The fourth-order valence-corrected chi connectivity index (χ4v) is 3.00. The minimum absolute atomic E-state index is 0.673. The van der Waals surface area contributed by atoms with Gasteiger partial charge in [0.2, 0.25) is 0 Å². The quantitative estimate of drug-likeness (QED) is 0.478. The molecule has 96 valence electrons. The van der Waals surface area contributed by atoms with E-state index in [4.69, 9.17) is 11.6 Å². The number of hydrogen-bond acceptors (Lipinski definition) is 1. The van der Waals surface area contributed by atoms with Crippen LogP contribution in [0.15, 0.2) is 0 Å². The van der Waals surface area contributed by atoms with Crippen molar-refractivity contribution in [2.75, 3.05) is 25.5 Å². The van der Waals surface area contributed by atoms with Crippen LogP contribution in [0.1, 0.15) is 58.8 Å². The van der Waals surface area contributed by atoms with E-state index in [0.29, 0.717) is 5.41 Å². The van der Waals surface area contributed by atoms with Gasteiger partial charge in [-0.3, -0.25) is 0 Å². The zero-order valence-corrected chi connectivity index (χ0v) is 11.9. The van der Waals surface area contributed by atoms with Crippen molar-refractivity contribution < 1.29 is 0 Å². The summed E-state index contributed by atoms with van der Waals surface area (Å²) in [4.78, 5) is 2.65. The van der Waals surface area contributed by atoms with Crippen molar-refractivity contribution >= 4 is 11.6 Å². The first-order chi connectivity index (χ1) is 7.76. The fourth-order valence-electron chi connectivity index (χ4n) is 2.81. The van der Waals surface area contributed by atoms with Gasteiger partial charge in [0.15, 0.2) is 0 Å². The van der Waals surface area contributed by atoms with E-state index in [1.165, 1.54) is 64.6 Å². The Kier molecular flexibility index (Phi) is 6.75. The summed E-state index contributed by atoms with van der Waals surface area (Å²) in [5.41, 5.74) is 0.673. The van der Waals surface area contributed by atoms with Gasteiger partial charge in [-0.05, 0) is 50.7 Å². The number of piperidine rings is 1. The highest BCUT2D eigenvalue weighted by atomic mass is 35.5. The van der Waals surface area contributed by atoms with E-state index in [2.05, 4.69) is 18.7 Å². The molecule has 1 aliphatic heterocycles. The molecule has 0 spiro atoms. The summed E-state index contributed by atoms with van der Waals surface area (Å²) in [6.45, 7) is 8.66. The van der Waals surface area contributed by atoms with Gasteiger partial charge >= 0.3 is 0 Å². The third-order valence-corrected chi connectivity index (χ3v) is 4.79. The van der Waals surface area contributed by atoms with E-state index in [1.54, 1.807) is 0 Å². The predicted molar refractivity (Wildman–Crippen MR) is 73.3 cm³/mol. The van der Waals surface area contributed by atoms with Crippen molar-refractivity contribution in [1.29, 1.82) is 0 Å². The van der Waals surface area contributed by atoms with Gasteiger partial charge in [-0.25, -0.2) is 0 Å². The zero-order chi connectivity index (χ0) is 11.9. The van der Waals surface area contributed by atoms with Crippen molar-refractivity contribution in [2.45, 2.75) is 58.8 Å². The van der Waals surface area contributed by atoms with Gasteiger partial charge in [-0.15, -0.1) is 11.6 Å². The highest BCUT2D eigenvalue weighted by molar-refractivity contribution is 6.17. The summed E-state index contributed by atoms with van der Waals surface area (Å²) in [5.74, 6) is 0.828. The molecule has 0 amide bonds. The highest BCUT2D eigenvalue weighted by Gasteiger charge is 2.30. The second-order valence-electron chi connectivity index (χ2n) is 5.30. The fraction of sp³-hybridized carbons (Fsp3) is 1.00. The number of nitrogens with zero attached hydrogens (tertiary/aromatic N) is 1. The molecule has 0 unspecified atom stereocenters. The second kappa shape index (κ2) is 7.55. The monoisotopic (exact) mass is 245 g/mol. The number of halogens is 1. The van der Waals surface area contributed by atoms with Gasteiger partial charge in [0.05, 0.1) is 0 Å². The largest absolute Gasteiger partial charge is 0.303 e. The van der Waals surface area contributed by atoms with Crippen LogP contribution in [0, 0.1) is 5.41 Å². The Morgan fingerprint density at radius 2 is 1.62 bits per heavy atom. The lowest BCUT2D eigenvalue weighted by atomic mass is 9.74. The Morgan fingerprint density at radius 1 is 1.00 bits per heavy atom. The molecule has 0 aromatic carbocycles. The SMILES string of the molecule is CCC1(CC)CCN(CCCCCCl)CC1. The molecule has 0 aromatic heterocycles. The minimum Gasteiger partial charge on any atom is -0.303 e. The van der Waals surface area contributed by atoms with Crippen LogP contribution in [0.4, 0.5) is 0 Å². The van der Waals surface area contributed by atoms with Crippen molar-refractivity contribution in [1.82, 2.24) is 4.90 Å². The number of unbranched alkanes of at least 4 members (excludes halogenated alkanes) is 2. The maximum absolute atomic E-state index is 5.68. The molecule has 1 fully saturated rings. The maximum atomic E-state index is 5.68. The van der Waals surface area contributed by atoms with Crippen LogP contribution in [0.5, 0.6) is 0 Å². The van der Waals surface area contributed by atoms with Crippen molar-refractivity contribution in [2.24, 2.45) is 5.41 Å². The molecule has 16 heavy (non-hydrogen) atoms. The minimum atomic E-state index is 0.673. The van der Waals surface area contributed by atoms with E-state index in [9.17, 15) is 0 Å². The van der Waals surface area contributed by atoms with Crippen LogP contribution in [-0.2, 0) is 0 Å². The highest BCUT2D eigenvalue weighted by Crippen LogP contribution is 2.37. The Hall–Kier alpha value is 0.250. The number of hydrogen-bond donors (Lipinski definition) is 0. The molecule has 1 nitrogen and oxygen atoms in total. The Bertz CT molecular complexity index is 168. The molecule has 1 saturated heterocycles. The van der Waals surface area contributed by atoms with Gasteiger partial charge in [0, 0.05) is 5.88 Å². The average Bonchev–Trinajstić information content (AvgIpc) is 2.36. The average molecular weight is 246 g/mol. The molecule has 0 radical (unpaired) electrons. The summed E-state index contributed by atoms with van der Waals surface area (Å²) in [7, 11) is 0. The summed E-state index contributed by atoms with van der Waals surface area (Å²) in [5, 5.41) is 0. The Labute approximate surface area is 107 Å². The molecular formula is C14H28ClN. The molecule has 0 bridgehead atoms. The molecule has 1 rings (SSSR count). The lowest BCUT2D eigenvalue weighted by Gasteiger charge is -2.41. The van der Waals surface area contributed by atoms with E-state index in [1.807, 2.05) is 0 Å². The number of likely N-dealkylation sites (tertiary alicyclic amines) is 1. The van der Waals surface area contributed by atoms with Crippen LogP contribution >= 0.6 is 11.6 Å². The summed E-state index contributed by atoms with van der Waals surface area (Å²) >= 11 is 5.68. The van der Waals surface area contributed by atoms with Crippen LogP contribution in [0.3, 0.4) is 0 Å². The topological polar surface area (TPSA) is 3.24 Å². The molecule has 0 atom stereocenters. The first-order valence-corrected chi connectivity index (χ1v) is 7.58. The number of alkyl halides is 1. The first kappa shape index (κ1) is 14.3. The summed E-state index contributed by atoms with van der Waals surface area (Å²) in [6.07, 6.45) is 9.37. The molecule has 0 aromatic rings. The molecule has 2 heteroatoms. The van der Waals surface area contributed by atoms with Gasteiger partial charge in [0.1, 0.15) is 0 Å². The van der Waals surface area contributed by atoms with Crippen LogP contribution in [0.25, 0.3) is 0 Å². The van der Waals surface area contributed by atoms with Gasteiger partial charge in [0.25, 0.3) is 0 Å². The standard InChI is InChI=1S/C14H28ClN/c1-3-14(4-2)8-12-16(13-9-14)11-7-5-6-10-15/h3-13H2,1-2H3. The van der Waals surface area contributed by atoms with E-state index < -0.39 is 0 Å². The van der Waals surface area contributed by atoms with Gasteiger partial charge in [-0.1, -0.05) is 33.1 Å². The lowest BCUT2D eigenvalue weighted by molar-refractivity contribution is 0.0943. The molecule has 0 aliphatic carbocycles. The summed E-state index contributed by atoms with van der Waals surface area (Å²) in [6, 6.07) is 0. The predicted octanol–water partition coefficient (Wildman–Crippen LogP) is 4.30. The summed E-state index contributed by atoms with van der Waals surface area (Å²) < 4.78 is 0. The van der Waals surface area contributed by atoms with Crippen LogP contribution in [-0.4, -0.2) is 30.4 Å². The van der Waals surface area contributed by atoms with E-state index in [-0.39, 0.29) is 0 Å². The van der Waals surface area contributed by atoms with Crippen LogP contribution < -0.4 is 0 Å². The molecule has 1 aliphatic rings. The van der Waals surface area contributed by atoms with E-state index in [0.717, 1.165) is 5.88 Å². The molecule has 0 N–H and O–H groups in total. The third-order valence-electron chi connectivity index (χ3n) is 4.52. The van der Waals surface area contributed by atoms with Gasteiger partial charge in [-0.2, -0.15) is 0 Å². The van der Waals surface area contributed by atoms with Crippen molar-refractivity contribution in [3.63, 3.8) is 0 Å². The van der Waals surface area contributed by atoms with Crippen molar-refractivity contribution in [3.05, 3.63) is 0 Å². The molecule has 0 saturated carbocycles. The van der Waals surface area contributed by atoms with E-state index >= 15 is 0 Å². The Balaban J connectivity index is 2.16. The first-order valence-electron chi connectivity index (χ1n) is 7.04. The lowest BCUT2D eigenvalue weighted by Crippen LogP contribution is -2.39. The normalized spacial score (nSPS) is 21.2. The third kappa shape index (κ3) is 4.25. The Morgan fingerprint density at radius 3 is 2.12 bits per heavy atom. The van der Waals surface area contributed by atoms with Crippen molar-refractivity contribution in [3.8, 4) is 0 Å². The second-order valence-corrected chi connectivity index (χ2v) is 5.68.